The largest absolute Gasteiger partial charge is 0.468 e. The van der Waals surface area contributed by atoms with Crippen LogP contribution in [0.3, 0.4) is 0 Å². The van der Waals surface area contributed by atoms with E-state index in [-0.39, 0.29) is 12.0 Å². The Morgan fingerprint density at radius 1 is 1.47 bits per heavy atom. The van der Waals surface area contributed by atoms with Gasteiger partial charge in [0, 0.05) is 0 Å². The van der Waals surface area contributed by atoms with Crippen molar-refractivity contribution in [1.82, 2.24) is 4.90 Å². The molecule has 15 heavy (non-hydrogen) atoms. The summed E-state index contributed by atoms with van der Waals surface area (Å²) in [6, 6.07) is 0.00729. The molecular formula is C11H22N2O2. The molecule has 88 valence electrons. The Morgan fingerprint density at radius 2 is 2.27 bits per heavy atom. The summed E-state index contributed by atoms with van der Waals surface area (Å²) >= 11 is 0. The number of carbonyl (C=O) groups is 1. The van der Waals surface area contributed by atoms with Gasteiger partial charge in [0.05, 0.1) is 7.11 Å². The molecule has 4 nitrogen and oxygen atoms in total. The number of nitrogens with zero attached hydrogens (tertiary/aromatic N) is 1. The van der Waals surface area contributed by atoms with Gasteiger partial charge in [-0.1, -0.05) is 6.42 Å². The third-order valence-electron chi connectivity index (χ3n) is 2.99. The molecule has 1 heterocycles. The fourth-order valence-electron chi connectivity index (χ4n) is 2.13. The van der Waals surface area contributed by atoms with Crippen LogP contribution in [0.15, 0.2) is 0 Å². The average Bonchev–Trinajstić information content (AvgIpc) is 2.71. The van der Waals surface area contributed by atoms with Crippen molar-refractivity contribution in [3.05, 3.63) is 0 Å². The second-order valence-electron chi connectivity index (χ2n) is 4.07. The van der Waals surface area contributed by atoms with E-state index < -0.39 is 0 Å². The van der Waals surface area contributed by atoms with Gasteiger partial charge in [-0.3, -0.25) is 9.69 Å². The molecule has 1 aliphatic rings. The molecule has 1 atom stereocenters. The van der Waals surface area contributed by atoms with Crippen LogP contribution in [-0.4, -0.2) is 43.7 Å². The van der Waals surface area contributed by atoms with Crippen molar-refractivity contribution >= 4 is 5.97 Å². The SMILES string of the molecule is COC(=O)C1CCCN1CCCCCN. The summed E-state index contributed by atoms with van der Waals surface area (Å²) in [6.07, 6.45) is 5.42. The maximum atomic E-state index is 11.4. The summed E-state index contributed by atoms with van der Waals surface area (Å²) in [6.45, 7) is 2.79. The number of unbranched alkanes of at least 4 members (excludes halogenated alkanes) is 2. The van der Waals surface area contributed by atoms with Crippen molar-refractivity contribution in [1.29, 1.82) is 0 Å². The van der Waals surface area contributed by atoms with E-state index >= 15 is 0 Å². The van der Waals surface area contributed by atoms with Gasteiger partial charge in [-0.15, -0.1) is 0 Å². The van der Waals surface area contributed by atoms with E-state index in [2.05, 4.69) is 4.90 Å². The van der Waals surface area contributed by atoms with Gasteiger partial charge in [0.1, 0.15) is 6.04 Å². The van der Waals surface area contributed by atoms with E-state index in [4.69, 9.17) is 10.5 Å². The first-order valence-corrected chi connectivity index (χ1v) is 5.81. The van der Waals surface area contributed by atoms with Crippen molar-refractivity contribution in [2.24, 2.45) is 5.73 Å². The van der Waals surface area contributed by atoms with Crippen LogP contribution in [0, 0.1) is 0 Å². The van der Waals surface area contributed by atoms with Gasteiger partial charge in [-0.25, -0.2) is 0 Å². The minimum Gasteiger partial charge on any atom is -0.468 e. The van der Waals surface area contributed by atoms with Crippen molar-refractivity contribution in [3.63, 3.8) is 0 Å². The topological polar surface area (TPSA) is 55.6 Å². The van der Waals surface area contributed by atoms with Crippen LogP contribution in [0.5, 0.6) is 0 Å². The predicted octanol–water partition coefficient (Wildman–Crippen LogP) is 0.753. The molecule has 0 aromatic carbocycles. The van der Waals surface area contributed by atoms with Gasteiger partial charge in [0.2, 0.25) is 0 Å². The van der Waals surface area contributed by atoms with E-state index in [1.165, 1.54) is 7.11 Å². The number of hydrogen-bond donors (Lipinski definition) is 1. The number of nitrogens with two attached hydrogens (primary N) is 1. The first-order chi connectivity index (χ1) is 7.29. The van der Waals surface area contributed by atoms with Gasteiger partial charge in [0.25, 0.3) is 0 Å². The van der Waals surface area contributed by atoms with E-state index in [0.29, 0.717) is 0 Å². The molecule has 1 unspecified atom stereocenters. The minimum atomic E-state index is -0.0775. The van der Waals surface area contributed by atoms with Gasteiger partial charge in [-0.05, 0) is 45.3 Å². The van der Waals surface area contributed by atoms with Crippen molar-refractivity contribution in [3.8, 4) is 0 Å². The fourth-order valence-corrected chi connectivity index (χ4v) is 2.13. The molecule has 0 bridgehead atoms. The van der Waals surface area contributed by atoms with Gasteiger partial charge in [-0.2, -0.15) is 0 Å². The summed E-state index contributed by atoms with van der Waals surface area (Å²) in [4.78, 5) is 13.7. The van der Waals surface area contributed by atoms with Crippen LogP contribution < -0.4 is 5.73 Å². The fraction of sp³-hybridized carbons (Fsp3) is 0.909. The van der Waals surface area contributed by atoms with Crippen LogP contribution in [0.25, 0.3) is 0 Å². The summed E-state index contributed by atoms with van der Waals surface area (Å²) in [5.74, 6) is -0.0775. The molecule has 0 aromatic rings. The molecule has 0 spiro atoms. The molecule has 1 saturated heterocycles. The molecule has 0 radical (unpaired) electrons. The van der Waals surface area contributed by atoms with Crippen LogP contribution in [0.1, 0.15) is 32.1 Å². The first-order valence-electron chi connectivity index (χ1n) is 5.81. The molecule has 4 heteroatoms. The highest BCUT2D eigenvalue weighted by Crippen LogP contribution is 2.18. The number of carbonyl (C=O) groups excluding carboxylic acids is 1. The smallest absolute Gasteiger partial charge is 0.323 e. The molecule has 0 aliphatic carbocycles. The van der Waals surface area contributed by atoms with E-state index in [1.54, 1.807) is 0 Å². The lowest BCUT2D eigenvalue weighted by Crippen LogP contribution is -2.37. The third-order valence-corrected chi connectivity index (χ3v) is 2.99. The Balaban J connectivity index is 2.24. The standard InChI is InChI=1S/C11H22N2O2/c1-15-11(14)10-6-5-9-13(10)8-4-2-3-7-12/h10H,2-9,12H2,1H3. The van der Waals surface area contributed by atoms with Crippen molar-refractivity contribution < 1.29 is 9.53 Å². The maximum absolute atomic E-state index is 11.4. The van der Waals surface area contributed by atoms with Gasteiger partial charge < -0.3 is 10.5 Å². The molecule has 2 N–H and O–H groups in total. The van der Waals surface area contributed by atoms with Crippen molar-refractivity contribution in [2.45, 2.75) is 38.1 Å². The lowest BCUT2D eigenvalue weighted by atomic mass is 10.2. The summed E-state index contributed by atoms with van der Waals surface area (Å²) in [7, 11) is 1.47. The molecule has 0 saturated carbocycles. The molecule has 0 aromatic heterocycles. The second-order valence-corrected chi connectivity index (χ2v) is 4.07. The zero-order valence-corrected chi connectivity index (χ0v) is 9.58. The molecule has 1 rings (SSSR count). The molecule has 1 aliphatic heterocycles. The Morgan fingerprint density at radius 3 is 2.93 bits per heavy atom. The Hall–Kier alpha value is -0.610. The first kappa shape index (κ1) is 12.5. The third kappa shape index (κ3) is 3.80. The van der Waals surface area contributed by atoms with E-state index in [1.807, 2.05) is 0 Å². The lowest BCUT2D eigenvalue weighted by Gasteiger charge is -2.21. The Bertz CT molecular complexity index is 197. The van der Waals surface area contributed by atoms with Gasteiger partial charge >= 0.3 is 5.97 Å². The normalized spacial score (nSPS) is 21.9. The highest BCUT2D eigenvalue weighted by Gasteiger charge is 2.30. The lowest BCUT2D eigenvalue weighted by molar-refractivity contribution is -0.145. The van der Waals surface area contributed by atoms with Crippen LogP contribution >= 0.6 is 0 Å². The predicted molar refractivity (Wildman–Crippen MR) is 59.5 cm³/mol. The number of hydrogen-bond acceptors (Lipinski definition) is 4. The van der Waals surface area contributed by atoms with Crippen LogP contribution in [0.4, 0.5) is 0 Å². The van der Waals surface area contributed by atoms with E-state index in [9.17, 15) is 4.79 Å². The number of esters is 1. The molecular weight excluding hydrogens is 192 g/mol. The van der Waals surface area contributed by atoms with E-state index in [0.717, 1.165) is 51.7 Å². The zero-order valence-electron chi connectivity index (χ0n) is 9.58. The Labute approximate surface area is 91.8 Å². The average molecular weight is 214 g/mol. The maximum Gasteiger partial charge on any atom is 0.323 e. The summed E-state index contributed by atoms with van der Waals surface area (Å²) in [5, 5.41) is 0. The Kier molecular flexibility index (Phi) is 5.65. The number of methoxy groups -OCH3 is 1. The quantitative estimate of drug-likeness (QED) is 0.524. The highest BCUT2D eigenvalue weighted by molar-refractivity contribution is 5.75. The number of ether oxygens (including phenoxy) is 1. The summed E-state index contributed by atoms with van der Waals surface area (Å²) < 4.78 is 4.79. The minimum absolute atomic E-state index is 0.00729. The van der Waals surface area contributed by atoms with Crippen LogP contribution in [-0.2, 0) is 9.53 Å². The number of rotatable bonds is 6. The number of likely N-dealkylation sites (tertiary alicyclic amines) is 1. The molecule has 0 amide bonds. The van der Waals surface area contributed by atoms with Gasteiger partial charge in [0.15, 0.2) is 0 Å². The highest BCUT2D eigenvalue weighted by atomic mass is 16.5. The van der Waals surface area contributed by atoms with Crippen LogP contribution in [0.2, 0.25) is 0 Å². The molecule has 1 fully saturated rings. The second kappa shape index (κ2) is 6.80. The monoisotopic (exact) mass is 214 g/mol. The summed E-state index contributed by atoms with van der Waals surface area (Å²) in [5.41, 5.74) is 5.43. The van der Waals surface area contributed by atoms with Crippen molar-refractivity contribution in [2.75, 3.05) is 26.7 Å². The zero-order chi connectivity index (χ0) is 11.1.